The Morgan fingerprint density at radius 1 is 1.29 bits per heavy atom. The van der Waals surface area contributed by atoms with Crippen LogP contribution in [0, 0.1) is 5.92 Å². The van der Waals surface area contributed by atoms with E-state index in [1.54, 1.807) is 0 Å². The first-order chi connectivity index (χ1) is 6.75. The van der Waals surface area contributed by atoms with Crippen LogP contribution in [-0.4, -0.2) is 18.4 Å². The summed E-state index contributed by atoms with van der Waals surface area (Å²) in [6, 6.07) is 0. The molecule has 0 saturated carbocycles. The van der Waals surface area contributed by atoms with E-state index in [0.717, 1.165) is 12.8 Å². The molecule has 1 saturated heterocycles. The van der Waals surface area contributed by atoms with Gasteiger partial charge in [0.05, 0.1) is 6.61 Å². The van der Waals surface area contributed by atoms with Crippen molar-refractivity contribution >= 4 is 11.8 Å². The van der Waals surface area contributed by atoms with Crippen molar-refractivity contribution in [1.29, 1.82) is 0 Å². The van der Waals surface area contributed by atoms with E-state index in [9.17, 15) is 9.59 Å². The number of carbonyl (C=O) groups is 2. The summed E-state index contributed by atoms with van der Waals surface area (Å²) in [5.74, 6) is -0.698. The van der Waals surface area contributed by atoms with Gasteiger partial charge < -0.3 is 4.74 Å². The summed E-state index contributed by atoms with van der Waals surface area (Å²) < 4.78 is 4.86. The second-order valence-electron chi connectivity index (χ2n) is 3.79. The van der Waals surface area contributed by atoms with Crippen LogP contribution in [0.1, 0.15) is 45.4 Å². The van der Waals surface area contributed by atoms with Gasteiger partial charge in [-0.2, -0.15) is 0 Å². The standard InChI is InChI=1S/C11H18O3/c1-2-3-4-5-6-9-10(12)7-8-14-11(9)13/h9H,2-8H2,1H3. The van der Waals surface area contributed by atoms with Gasteiger partial charge in [0.1, 0.15) is 11.7 Å². The van der Waals surface area contributed by atoms with Crippen molar-refractivity contribution in [3.63, 3.8) is 0 Å². The fourth-order valence-electron chi connectivity index (χ4n) is 1.71. The highest BCUT2D eigenvalue weighted by Gasteiger charge is 2.30. The molecule has 0 aromatic carbocycles. The van der Waals surface area contributed by atoms with Crippen LogP contribution in [0.2, 0.25) is 0 Å². The summed E-state index contributed by atoms with van der Waals surface area (Å²) in [6.45, 7) is 2.42. The van der Waals surface area contributed by atoms with Crippen molar-refractivity contribution < 1.29 is 14.3 Å². The van der Waals surface area contributed by atoms with E-state index in [1.165, 1.54) is 12.8 Å². The highest BCUT2D eigenvalue weighted by Crippen LogP contribution is 2.18. The zero-order chi connectivity index (χ0) is 10.4. The van der Waals surface area contributed by atoms with Gasteiger partial charge in [0.2, 0.25) is 0 Å². The number of hydrogen-bond donors (Lipinski definition) is 0. The predicted octanol–water partition coefficient (Wildman–Crippen LogP) is 2.09. The summed E-state index contributed by atoms with van der Waals surface area (Å²) in [6.07, 6.45) is 5.49. The highest BCUT2D eigenvalue weighted by atomic mass is 16.5. The van der Waals surface area contributed by atoms with E-state index in [2.05, 4.69) is 6.92 Å². The number of ketones is 1. The third-order valence-electron chi connectivity index (χ3n) is 2.61. The Morgan fingerprint density at radius 2 is 2.07 bits per heavy atom. The Hall–Kier alpha value is -0.860. The molecular weight excluding hydrogens is 180 g/mol. The van der Waals surface area contributed by atoms with E-state index in [4.69, 9.17) is 4.74 Å². The molecule has 1 unspecified atom stereocenters. The van der Waals surface area contributed by atoms with Gasteiger partial charge in [0, 0.05) is 6.42 Å². The van der Waals surface area contributed by atoms with Gasteiger partial charge in [-0.1, -0.05) is 32.6 Å². The molecule has 3 nitrogen and oxygen atoms in total. The third-order valence-corrected chi connectivity index (χ3v) is 2.61. The zero-order valence-corrected chi connectivity index (χ0v) is 8.75. The Morgan fingerprint density at radius 3 is 2.71 bits per heavy atom. The fraction of sp³-hybridized carbons (Fsp3) is 0.818. The first-order valence-electron chi connectivity index (χ1n) is 5.45. The maximum absolute atomic E-state index is 11.4. The van der Waals surface area contributed by atoms with Crippen LogP contribution in [0.4, 0.5) is 0 Å². The molecule has 1 aliphatic rings. The molecule has 1 rings (SSSR count). The molecule has 0 radical (unpaired) electrons. The van der Waals surface area contributed by atoms with Crippen molar-refractivity contribution in [2.24, 2.45) is 5.92 Å². The van der Waals surface area contributed by atoms with E-state index in [0.29, 0.717) is 12.8 Å². The molecule has 14 heavy (non-hydrogen) atoms. The number of ether oxygens (including phenoxy) is 1. The number of hydrogen-bond acceptors (Lipinski definition) is 3. The first kappa shape index (κ1) is 11.2. The quantitative estimate of drug-likeness (QED) is 0.386. The maximum Gasteiger partial charge on any atom is 0.316 e. The van der Waals surface area contributed by atoms with Crippen molar-refractivity contribution in [3.05, 3.63) is 0 Å². The third kappa shape index (κ3) is 3.13. The summed E-state index contributed by atoms with van der Waals surface area (Å²) >= 11 is 0. The van der Waals surface area contributed by atoms with Crippen LogP contribution < -0.4 is 0 Å². The Kier molecular flexibility index (Phi) is 4.63. The van der Waals surface area contributed by atoms with Crippen LogP contribution in [0.15, 0.2) is 0 Å². The fourth-order valence-corrected chi connectivity index (χ4v) is 1.71. The smallest absolute Gasteiger partial charge is 0.316 e. The molecule has 0 spiro atoms. The van der Waals surface area contributed by atoms with Crippen LogP contribution in [0.5, 0.6) is 0 Å². The minimum atomic E-state index is -0.458. The molecule has 1 atom stereocenters. The topological polar surface area (TPSA) is 43.4 Å². The van der Waals surface area contributed by atoms with Crippen LogP contribution in [0.3, 0.4) is 0 Å². The van der Waals surface area contributed by atoms with Gasteiger partial charge >= 0.3 is 5.97 Å². The largest absolute Gasteiger partial charge is 0.465 e. The molecule has 0 aliphatic carbocycles. The van der Waals surface area contributed by atoms with Crippen LogP contribution >= 0.6 is 0 Å². The SMILES string of the molecule is CCCCCCC1C(=O)CCOC1=O. The number of unbranched alkanes of at least 4 members (excludes halogenated alkanes) is 3. The molecule has 0 aromatic rings. The normalized spacial score (nSPS) is 22.2. The molecule has 1 heterocycles. The van der Waals surface area contributed by atoms with Crippen LogP contribution in [-0.2, 0) is 14.3 Å². The molecule has 0 amide bonds. The lowest BCUT2D eigenvalue weighted by Crippen LogP contribution is -2.32. The van der Waals surface area contributed by atoms with Gasteiger partial charge in [-0.15, -0.1) is 0 Å². The summed E-state index contributed by atoms with van der Waals surface area (Å²) in [7, 11) is 0. The van der Waals surface area contributed by atoms with Gasteiger partial charge in [0.15, 0.2) is 0 Å². The number of carbonyl (C=O) groups excluding carboxylic acids is 2. The molecule has 80 valence electrons. The lowest BCUT2D eigenvalue weighted by molar-refractivity contribution is -0.158. The summed E-state index contributed by atoms with van der Waals surface area (Å²) in [5, 5.41) is 0. The maximum atomic E-state index is 11.4. The second kappa shape index (κ2) is 5.78. The second-order valence-corrected chi connectivity index (χ2v) is 3.79. The lowest BCUT2D eigenvalue weighted by Gasteiger charge is -2.19. The molecule has 0 N–H and O–H groups in total. The average Bonchev–Trinajstić information content (AvgIpc) is 2.16. The highest BCUT2D eigenvalue weighted by molar-refractivity contribution is 6.00. The lowest BCUT2D eigenvalue weighted by atomic mass is 9.93. The number of Topliss-reactive ketones (excluding diaryl/α,β-unsaturated/α-hetero) is 1. The average molecular weight is 198 g/mol. The predicted molar refractivity (Wildman–Crippen MR) is 52.8 cm³/mol. The van der Waals surface area contributed by atoms with E-state index >= 15 is 0 Å². The van der Waals surface area contributed by atoms with Crippen LogP contribution in [0.25, 0.3) is 0 Å². The monoisotopic (exact) mass is 198 g/mol. The molecule has 1 aliphatic heterocycles. The van der Waals surface area contributed by atoms with E-state index in [1.807, 2.05) is 0 Å². The number of rotatable bonds is 5. The van der Waals surface area contributed by atoms with Gasteiger partial charge in [0.25, 0.3) is 0 Å². The van der Waals surface area contributed by atoms with E-state index < -0.39 is 5.92 Å². The Labute approximate surface area is 84.8 Å². The van der Waals surface area contributed by atoms with Crippen molar-refractivity contribution in [3.8, 4) is 0 Å². The molecule has 0 aromatic heterocycles. The molecule has 1 fully saturated rings. The number of cyclic esters (lactones) is 1. The first-order valence-corrected chi connectivity index (χ1v) is 5.45. The van der Waals surface area contributed by atoms with Crippen molar-refractivity contribution in [2.75, 3.05) is 6.61 Å². The minimum Gasteiger partial charge on any atom is -0.465 e. The Bertz CT molecular complexity index is 195. The molecule has 0 bridgehead atoms. The minimum absolute atomic E-state index is 0.0674. The van der Waals surface area contributed by atoms with Crippen molar-refractivity contribution in [1.82, 2.24) is 0 Å². The van der Waals surface area contributed by atoms with Crippen molar-refractivity contribution in [2.45, 2.75) is 45.4 Å². The zero-order valence-electron chi connectivity index (χ0n) is 8.75. The molecule has 3 heteroatoms. The van der Waals surface area contributed by atoms with Gasteiger partial charge in [-0.3, -0.25) is 9.59 Å². The summed E-state index contributed by atoms with van der Waals surface area (Å²) in [4.78, 5) is 22.6. The Balaban J connectivity index is 2.26. The molecular formula is C11H18O3. The number of esters is 1. The summed E-state index contributed by atoms with van der Waals surface area (Å²) in [5.41, 5.74) is 0. The van der Waals surface area contributed by atoms with Gasteiger partial charge in [-0.25, -0.2) is 0 Å². The van der Waals surface area contributed by atoms with E-state index in [-0.39, 0.29) is 18.4 Å². The van der Waals surface area contributed by atoms with Gasteiger partial charge in [-0.05, 0) is 6.42 Å².